The zero-order valence-corrected chi connectivity index (χ0v) is 11.5. The summed E-state index contributed by atoms with van der Waals surface area (Å²) in [6.07, 6.45) is 0. The molecule has 0 bridgehead atoms. The van der Waals surface area contributed by atoms with Gasteiger partial charge in [0.2, 0.25) is 0 Å². The number of benzene rings is 2. The van der Waals surface area contributed by atoms with E-state index >= 15 is 0 Å². The fourth-order valence-electron chi connectivity index (χ4n) is 2.21. The van der Waals surface area contributed by atoms with Crippen LogP contribution >= 0.6 is 0 Å². The SMILES string of the molecule is Cc1cc(N)c2c(O)c(C)c(CS(=O)(=O)O)cc2c1. The summed E-state index contributed by atoms with van der Waals surface area (Å²) in [7, 11) is -4.15. The monoisotopic (exact) mass is 281 g/mol. The average molecular weight is 281 g/mol. The molecule has 0 radical (unpaired) electrons. The zero-order chi connectivity index (χ0) is 14.4. The Kier molecular flexibility index (Phi) is 3.15. The smallest absolute Gasteiger partial charge is 0.269 e. The highest BCUT2D eigenvalue weighted by atomic mass is 32.2. The van der Waals surface area contributed by atoms with Crippen LogP contribution in [0.3, 0.4) is 0 Å². The van der Waals surface area contributed by atoms with E-state index in [0.29, 0.717) is 27.6 Å². The summed E-state index contributed by atoms with van der Waals surface area (Å²) in [4.78, 5) is 0. The van der Waals surface area contributed by atoms with Crippen LogP contribution in [0.1, 0.15) is 16.7 Å². The van der Waals surface area contributed by atoms with E-state index < -0.39 is 15.9 Å². The first kappa shape index (κ1) is 13.6. The number of nitrogens with two attached hydrogens (primary N) is 1. The molecule has 19 heavy (non-hydrogen) atoms. The van der Waals surface area contributed by atoms with Crippen LogP contribution in [-0.2, 0) is 15.9 Å². The van der Waals surface area contributed by atoms with Gasteiger partial charge in [-0.25, -0.2) is 0 Å². The van der Waals surface area contributed by atoms with Gasteiger partial charge in [-0.3, -0.25) is 4.55 Å². The number of hydrogen-bond donors (Lipinski definition) is 3. The minimum Gasteiger partial charge on any atom is -0.507 e. The van der Waals surface area contributed by atoms with Gasteiger partial charge in [0, 0.05) is 11.1 Å². The number of rotatable bonds is 2. The number of hydrogen-bond acceptors (Lipinski definition) is 4. The second-order valence-electron chi connectivity index (χ2n) is 4.69. The van der Waals surface area contributed by atoms with Gasteiger partial charge in [0.15, 0.2) is 0 Å². The minimum atomic E-state index is -4.15. The van der Waals surface area contributed by atoms with E-state index in [2.05, 4.69) is 0 Å². The molecule has 0 unspecified atom stereocenters. The van der Waals surface area contributed by atoms with Gasteiger partial charge in [0.05, 0.1) is 0 Å². The van der Waals surface area contributed by atoms with Crippen molar-refractivity contribution in [2.75, 3.05) is 5.73 Å². The molecule has 5 nitrogen and oxygen atoms in total. The van der Waals surface area contributed by atoms with E-state index in [0.717, 1.165) is 5.56 Å². The van der Waals surface area contributed by atoms with Crippen molar-refractivity contribution in [2.24, 2.45) is 0 Å². The normalized spacial score (nSPS) is 11.9. The summed E-state index contributed by atoms with van der Waals surface area (Å²) in [5, 5.41) is 11.3. The number of aromatic hydroxyl groups is 1. The maximum atomic E-state index is 11.0. The highest BCUT2D eigenvalue weighted by molar-refractivity contribution is 7.85. The quantitative estimate of drug-likeness (QED) is 0.578. The van der Waals surface area contributed by atoms with Crippen LogP contribution in [0.25, 0.3) is 10.8 Å². The van der Waals surface area contributed by atoms with Crippen LogP contribution in [0.15, 0.2) is 18.2 Å². The standard InChI is InChI=1S/C13H15NO4S/c1-7-3-9-5-10(6-19(16,17)18)8(2)13(15)12(9)11(14)4-7/h3-5,15H,6,14H2,1-2H3,(H,16,17,18). The Morgan fingerprint density at radius 3 is 2.42 bits per heavy atom. The van der Waals surface area contributed by atoms with Crippen molar-refractivity contribution in [3.8, 4) is 5.75 Å². The van der Waals surface area contributed by atoms with Crippen LogP contribution in [0.2, 0.25) is 0 Å². The lowest BCUT2D eigenvalue weighted by atomic mass is 9.98. The Balaban J connectivity index is 2.80. The second kappa shape index (κ2) is 4.40. The summed E-state index contributed by atoms with van der Waals surface area (Å²) < 4.78 is 30.9. The van der Waals surface area contributed by atoms with Crippen molar-refractivity contribution in [3.05, 3.63) is 34.9 Å². The van der Waals surface area contributed by atoms with Gasteiger partial charge in [0.1, 0.15) is 11.5 Å². The third-order valence-corrected chi connectivity index (χ3v) is 3.76. The van der Waals surface area contributed by atoms with E-state index in [1.807, 2.05) is 6.92 Å². The molecule has 2 rings (SSSR count). The van der Waals surface area contributed by atoms with E-state index in [9.17, 15) is 13.5 Å². The Morgan fingerprint density at radius 2 is 1.84 bits per heavy atom. The van der Waals surface area contributed by atoms with E-state index in [4.69, 9.17) is 10.3 Å². The fourth-order valence-corrected chi connectivity index (χ4v) is 2.91. The average Bonchev–Trinajstić information content (AvgIpc) is 2.22. The zero-order valence-electron chi connectivity index (χ0n) is 10.6. The van der Waals surface area contributed by atoms with Gasteiger partial charge < -0.3 is 10.8 Å². The molecule has 0 saturated heterocycles. The Morgan fingerprint density at radius 1 is 1.21 bits per heavy atom. The molecule has 0 atom stereocenters. The predicted octanol–water partition coefficient (Wildman–Crippen LogP) is 2.13. The first-order valence-electron chi connectivity index (χ1n) is 5.65. The Hall–Kier alpha value is -1.79. The maximum absolute atomic E-state index is 11.0. The Labute approximate surface area is 111 Å². The highest BCUT2D eigenvalue weighted by Crippen LogP contribution is 2.36. The third-order valence-electron chi connectivity index (χ3n) is 3.09. The fraction of sp³-hybridized carbons (Fsp3) is 0.231. The summed E-state index contributed by atoms with van der Waals surface area (Å²) in [5.74, 6) is -0.579. The summed E-state index contributed by atoms with van der Waals surface area (Å²) in [5.41, 5.74) is 7.99. The van der Waals surface area contributed by atoms with E-state index in [1.54, 1.807) is 25.1 Å². The van der Waals surface area contributed by atoms with Gasteiger partial charge >= 0.3 is 0 Å². The van der Waals surface area contributed by atoms with Crippen molar-refractivity contribution in [1.29, 1.82) is 0 Å². The molecule has 2 aromatic rings. The van der Waals surface area contributed by atoms with E-state index in [-0.39, 0.29) is 5.75 Å². The lowest BCUT2D eigenvalue weighted by Gasteiger charge is -2.12. The van der Waals surface area contributed by atoms with Crippen molar-refractivity contribution in [2.45, 2.75) is 19.6 Å². The highest BCUT2D eigenvalue weighted by Gasteiger charge is 2.16. The molecule has 0 aromatic heterocycles. The number of phenolic OH excluding ortho intramolecular Hbond substituents is 1. The van der Waals surface area contributed by atoms with Crippen molar-refractivity contribution in [1.82, 2.24) is 0 Å². The third kappa shape index (κ3) is 2.64. The maximum Gasteiger partial charge on any atom is 0.269 e. The molecule has 0 heterocycles. The largest absolute Gasteiger partial charge is 0.507 e. The van der Waals surface area contributed by atoms with Crippen LogP contribution < -0.4 is 5.73 Å². The predicted molar refractivity (Wildman–Crippen MR) is 74.8 cm³/mol. The topological polar surface area (TPSA) is 101 Å². The molecule has 0 aliphatic rings. The van der Waals surface area contributed by atoms with Gasteiger partial charge in [-0.1, -0.05) is 6.07 Å². The van der Waals surface area contributed by atoms with Crippen molar-refractivity contribution < 1.29 is 18.1 Å². The molecular weight excluding hydrogens is 266 g/mol. The molecule has 0 fully saturated rings. The lowest BCUT2D eigenvalue weighted by molar-refractivity contribution is 0.475. The molecule has 0 spiro atoms. The lowest BCUT2D eigenvalue weighted by Crippen LogP contribution is -2.04. The number of fused-ring (bicyclic) bond motifs is 1. The van der Waals surface area contributed by atoms with Crippen LogP contribution in [0.4, 0.5) is 5.69 Å². The molecule has 0 amide bonds. The van der Waals surface area contributed by atoms with Crippen molar-refractivity contribution >= 4 is 26.6 Å². The van der Waals surface area contributed by atoms with Gasteiger partial charge in [0.25, 0.3) is 10.1 Å². The summed E-state index contributed by atoms with van der Waals surface area (Å²) >= 11 is 0. The Bertz CT molecular complexity index is 766. The summed E-state index contributed by atoms with van der Waals surface area (Å²) in [6.45, 7) is 3.45. The molecular formula is C13H15NO4S. The van der Waals surface area contributed by atoms with Crippen LogP contribution in [0, 0.1) is 13.8 Å². The van der Waals surface area contributed by atoms with Gasteiger partial charge in [-0.15, -0.1) is 0 Å². The number of nitrogen functional groups attached to an aromatic ring is 1. The van der Waals surface area contributed by atoms with Gasteiger partial charge in [-0.05, 0) is 48.1 Å². The first-order valence-corrected chi connectivity index (χ1v) is 7.26. The molecule has 0 aliphatic carbocycles. The number of aryl methyl sites for hydroxylation is 1. The molecule has 0 saturated carbocycles. The molecule has 4 N–H and O–H groups in total. The van der Waals surface area contributed by atoms with Crippen LogP contribution in [-0.4, -0.2) is 18.1 Å². The molecule has 6 heteroatoms. The first-order chi connectivity index (χ1) is 8.69. The minimum absolute atomic E-state index is 0.0475. The van der Waals surface area contributed by atoms with Crippen molar-refractivity contribution in [3.63, 3.8) is 0 Å². The summed E-state index contributed by atoms with van der Waals surface area (Å²) in [6, 6.07) is 5.17. The van der Waals surface area contributed by atoms with Crippen LogP contribution in [0.5, 0.6) is 5.75 Å². The number of anilines is 1. The van der Waals surface area contributed by atoms with E-state index in [1.165, 1.54) is 0 Å². The van der Waals surface area contributed by atoms with Gasteiger partial charge in [-0.2, -0.15) is 8.42 Å². The second-order valence-corrected chi connectivity index (χ2v) is 6.14. The molecule has 0 aliphatic heterocycles. The molecule has 2 aromatic carbocycles. The number of phenols is 1. The molecule has 102 valence electrons.